The lowest BCUT2D eigenvalue weighted by molar-refractivity contribution is -0.198. The third-order valence-electron chi connectivity index (χ3n) is 12.2. The van der Waals surface area contributed by atoms with E-state index in [2.05, 4.69) is 45.7 Å². The van der Waals surface area contributed by atoms with Gasteiger partial charge in [0, 0.05) is 24.5 Å². The van der Waals surface area contributed by atoms with Crippen molar-refractivity contribution in [1.29, 1.82) is 0 Å². The zero-order chi connectivity index (χ0) is 39.3. The number of likely N-dealkylation sites (N-methyl/N-ethyl adjacent to an activating group) is 2. The Labute approximate surface area is 305 Å². The molecule has 0 aromatic carbocycles. The summed E-state index contributed by atoms with van der Waals surface area (Å²) in [6.07, 6.45) is -2.57. The normalized spacial score (nSPS) is 28.5. The minimum atomic E-state index is -2.37. The number of nitrogens with zero attached hydrogens (tertiary/aromatic N) is 2. The Bertz CT molecular complexity index is 1040. The van der Waals surface area contributed by atoms with Crippen LogP contribution in [-0.2, 0) is 14.0 Å². The van der Waals surface area contributed by atoms with E-state index >= 15 is 0 Å². The van der Waals surface area contributed by atoms with Gasteiger partial charge in [-0.1, -0.05) is 48.5 Å². The zero-order valence-corrected chi connectivity index (χ0v) is 35.5. The van der Waals surface area contributed by atoms with Crippen LogP contribution in [0.1, 0.15) is 108 Å². The summed E-state index contributed by atoms with van der Waals surface area (Å²) in [5.41, 5.74) is -3.02. The Kier molecular flexibility index (Phi) is 17.6. The molecule has 11 nitrogen and oxygen atoms in total. The average molecular weight is 735 g/mol. The van der Waals surface area contributed by atoms with Gasteiger partial charge in [0.05, 0.1) is 48.1 Å². The van der Waals surface area contributed by atoms with Crippen molar-refractivity contribution in [3.05, 3.63) is 0 Å². The molecular formula is C38H78N2O9Si. The molecule has 0 bridgehead atoms. The lowest BCUT2D eigenvalue weighted by Crippen LogP contribution is -2.62. The standard InChI is InChI=1S/C38H78N2O9Si/c1-17-30(41)38(11,47)34(49-50(15,16)36(7,8)9)27(6)40(14)22-24(3)21-37(10,46)33(25(4)31(42)26(5)35(44)45)48-29-19-18-23(2)20-28(32(29)43)39(12)13/h23-34,41-43,46-47H,17-22H2,1-16H3,(H,44,45)/t23-,24+,25-,26+,27+,28-,29?,30+,31-,32+,33+,34+,37+,38+/m0/s1. The molecule has 1 aliphatic carbocycles. The summed E-state index contributed by atoms with van der Waals surface area (Å²) in [4.78, 5) is 16.0. The lowest BCUT2D eigenvalue weighted by atomic mass is 9.77. The van der Waals surface area contributed by atoms with Crippen LogP contribution in [0.2, 0.25) is 18.1 Å². The summed E-state index contributed by atoms with van der Waals surface area (Å²) in [5, 5.41) is 67.3. The number of carboxylic acid groups (broad SMARTS) is 1. The number of hydrogen-bond acceptors (Lipinski definition) is 10. The van der Waals surface area contributed by atoms with Crippen LogP contribution in [0.3, 0.4) is 0 Å². The average Bonchev–Trinajstić information content (AvgIpc) is 3.12. The molecule has 1 aliphatic rings. The van der Waals surface area contributed by atoms with Crippen LogP contribution >= 0.6 is 0 Å². The highest BCUT2D eigenvalue weighted by atomic mass is 28.4. The van der Waals surface area contributed by atoms with Gasteiger partial charge in [0.25, 0.3) is 0 Å². The number of carboxylic acids is 1. The zero-order valence-electron chi connectivity index (χ0n) is 34.5. The van der Waals surface area contributed by atoms with Crippen molar-refractivity contribution >= 4 is 14.3 Å². The SMILES string of the molecule is CC[C@@H](O)[C@@](C)(O)[C@H](O[Si](C)(C)C(C)(C)C)[C@@H](C)N(C)C[C@H](C)C[C@@](C)(O)[C@H](OC1CC[C@H](C)C[C@H](N(C)C)[C@H]1O)[C@@H](C)[C@H](O)[C@@H](C)C(=O)O. The van der Waals surface area contributed by atoms with Gasteiger partial charge < -0.3 is 49.6 Å². The molecule has 0 aromatic heterocycles. The molecular weight excluding hydrogens is 657 g/mol. The minimum absolute atomic E-state index is 0.118. The summed E-state index contributed by atoms with van der Waals surface area (Å²) in [5.74, 6) is -2.75. The topological polar surface area (TPSA) is 163 Å². The van der Waals surface area contributed by atoms with E-state index in [0.29, 0.717) is 25.3 Å². The van der Waals surface area contributed by atoms with E-state index in [4.69, 9.17) is 9.16 Å². The van der Waals surface area contributed by atoms with Crippen molar-refractivity contribution in [2.45, 2.75) is 186 Å². The van der Waals surface area contributed by atoms with Crippen LogP contribution in [0.4, 0.5) is 0 Å². The van der Waals surface area contributed by atoms with E-state index in [1.807, 2.05) is 46.8 Å². The third kappa shape index (κ3) is 12.2. The molecule has 0 aromatic rings. The Hall–Kier alpha value is -0.673. The first kappa shape index (κ1) is 47.3. The number of aliphatic carboxylic acids is 1. The van der Waals surface area contributed by atoms with Gasteiger partial charge in [-0.3, -0.25) is 4.79 Å². The molecule has 0 amide bonds. The maximum atomic E-state index is 12.2. The Morgan fingerprint density at radius 1 is 0.960 bits per heavy atom. The summed E-state index contributed by atoms with van der Waals surface area (Å²) >= 11 is 0. The van der Waals surface area contributed by atoms with E-state index in [-0.39, 0.29) is 29.5 Å². The van der Waals surface area contributed by atoms with Crippen LogP contribution in [0.5, 0.6) is 0 Å². The van der Waals surface area contributed by atoms with Crippen LogP contribution in [0.25, 0.3) is 0 Å². The fraction of sp³-hybridized carbons (Fsp3) is 0.974. The lowest BCUT2D eigenvalue weighted by Gasteiger charge is -2.49. The number of aliphatic hydroxyl groups excluding tert-OH is 3. The summed E-state index contributed by atoms with van der Waals surface area (Å²) in [7, 11) is 3.44. The van der Waals surface area contributed by atoms with Gasteiger partial charge in [-0.15, -0.1) is 0 Å². The molecule has 50 heavy (non-hydrogen) atoms. The Morgan fingerprint density at radius 3 is 1.96 bits per heavy atom. The molecule has 298 valence electrons. The second-order valence-corrected chi connectivity index (χ2v) is 23.1. The van der Waals surface area contributed by atoms with Crippen LogP contribution in [0.15, 0.2) is 0 Å². The maximum Gasteiger partial charge on any atom is 0.308 e. The second kappa shape index (κ2) is 18.6. The quantitative estimate of drug-likeness (QED) is 0.0814. The molecule has 12 heteroatoms. The number of aliphatic hydroxyl groups is 5. The van der Waals surface area contributed by atoms with E-state index in [9.17, 15) is 35.4 Å². The van der Waals surface area contributed by atoms with Crippen LogP contribution < -0.4 is 0 Å². The largest absolute Gasteiger partial charge is 0.481 e. The molecule has 1 rings (SSSR count). The predicted molar refractivity (Wildman–Crippen MR) is 203 cm³/mol. The molecule has 1 saturated carbocycles. The van der Waals surface area contributed by atoms with Crippen molar-refractivity contribution < 1.29 is 44.6 Å². The molecule has 0 saturated heterocycles. The summed E-state index contributed by atoms with van der Waals surface area (Å²) in [6, 6.07) is -0.455. The van der Waals surface area contributed by atoms with Crippen molar-refractivity contribution in [2.75, 3.05) is 27.7 Å². The molecule has 0 spiro atoms. The summed E-state index contributed by atoms with van der Waals surface area (Å²) < 4.78 is 13.5. The van der Waals surface area contributed by atoms with Gasteiger partial charge in [-0.05, 0) is 111 Å². The highest BCUT2D eigenvalue weighted by Crippen LogP contribution is 2.41. The van der Waals surface area contributed by atoms with Crippen molar-refractivity contribution in [3.8, 4) is 0 Å². The first-order valence-corrected chi connectivity index (χ1v) is 21.9. The first-order chi connectivity index (χ1) is 22.5. The third-order valence-corrected chi connectivity index (χ3v) is 16.7. The van der Waals surface area contributed by atoms with Crippen molar-refractivity contribution in [1.82, 2.24) is 9.80 Å². The Balaban J connectivity index is 3.43. The smallest absolute Gasteiger partial charge is 0.308 e. The van der Waals surface area contributed by atoms with E-state index in [1.54, 1.807) is 20.8 Å². The molecule has 0 radical (unpaired) electrons. The van der Waals surface area contributed by atoms with E-state index < -0.39 is 73.9 Å². The van der Waals surface area contributed by atoms with E-state index in [1.165, 1.54) is 6.92 Å². The monoisotopic (exact) mass is 735 g/mol. The fourth-order valence-corrected chi connectivity index (χ4v) is 9.01. The molecule has 1 fully saturated rings. The second-order valence-electron chi connectivity index (χ2n) is 18.3. The highest BCUT2D eigenvalue weighted by Gasteiger charge is 2.50. The van der Waals surface area contributed by atoms with Gasteiger partial charge >= 0.3 is 5.97 Å². The van der Waals surface area contributed by atoms with Crippen LogP contribution in [-0.4, -0.2) is 142 Å². The number of carbonyl (C=O) groups is 1. The molecule has 1 unspecified atom stereocenters. The van der Waals surface area contributed by atoms with E-state index in [0.717, 1.165) is 12.8 Å². The molecule has 0 aliphatic heterocycles. The van der Waals surface area contributed by atoms with Gasteiger partial charge in [0.1, 0.15) is 5.60 Å². The molecule has 0 heterocycles. The molecule has 14 atom stereocenters. The highest BCUT2D eigenvalue weighted by molar-refractivity contribution is 6.74. The number of ether oxygens (including phenoxy) is 1. The minimum Gasteiger partial charge on any atom is -0.481 e. The molecule has 6 N–H and O–H groups in total. The number of rotatable bonds is 19. The van der Waals surface area contributed by atoms with Crippen molar-refractivity contribution in [2.24, 2.45) is 23.7 Å². The van der Waals surface area contributed by atoms with Crippen molar-refractivity contribution in [3.63, 3.8) is 0 Å². The van der Waals surface area contributed by atoms with Crippen LogP contribution in [0, 0.1) is 23.7 Å². The Morgan fingerprint density at radius 2 is 1.50 bits per heavy atom. The van der Waals surface area contributed by atoms with Gasteiger partial charge in [-0.25, -0.2) is 0 Å². The van der Waals surface area contributed by atoms with Gasteiger partial charge in [0.2, 0.25) is 0 Å². The fourth-order valence-electron chi connectivity index (χ4n) is 7.59. The predicted octanol–water partition coefficient (Wildman–Crippen LogP) is 4.58. The first-order valence-electron chi connectivity index (χ1n) is 18.9. The van der Waals surface area contributed by atoms with Gasteiger partial charge in [0.15, 0.2) is 8.32 Å². The number of hydrogen-bond donors (Lipinski definition) is 6. The maximum absolute atomic E-state index is 12.2. The van der Waals surface area contributed by atoms with Gasteiger partial charge in [-0.2, -0.15) is 0 Å². The summed E-state index contributed by atoms with van der Waals surface area (Å²) in [6.45, 7) is 25.7.